The summed E-state index contributed by atoms with van der Waals surface area (Å²) >= 11 is 8.26. The van der Waals surface area contributed by atoms with Gasteiger partial charge in [0.15, 0.2) is 0 Å². The van der Waals surface area contributed by atoms with Crippen molar-refractivity contribution in [1.29, 1.82) is 5.26 Å². The molecule has 1 aliphatic rings. The standard InChI is InChI=1S/C34H29ClN4OS/c35-31-19-27(11-13-33(31)41-29-4-2-1-3-5-29)38-34-26(20-36)21-37-32-18-25(10-12-30(32)34)24-8-6-23(7-9-24)22-39-16-14-28(40)15-17-39/h1-13,18-19,21,28,40H,14-17,22H2,(H,37,38). The van der Waals surface area contributed by atoms with Crippen LogP contribution in [0.5, 0.6) is 0 Å². The topological polar surface area (TPSA) is 72.2 Å². The Labute approximate surface area is 249 Å². The first-order chi connectivity index (χ1) is 20.1. The molecule has 1 aliphatic heterocycles. The number of anilines is 2. The molecule has 204 valence electrons. The van der Waals surface area contributed by atoms with Gasteiger partial charge in [-0.15, -0.1) is 0 Å². The van der Waals surface area contributed by atoms with E-state index < -0.39 is 0 Å². The van der Waals surface area contributed by atoms with Crippen LogP contribution in [-0.2, 0) is 6.54 Å². The summed E-state index contributed by atoms with van der Waals surface area (Å²) in [7, 11) is 0. The molecule has 2 N–H and O–H groups in total. The highest BCUT2D eigenvalue weighted by Gasteiger charge is 2.17. The van der Waals surface area contributed by atoms with E-state index in [1.807, 2.05) is 42.5 Å². The Bertz CT molecular complexity index is 1710. The fraction of sp³-hybridized carbons (Fsp3) is 0.176. The molecule has 1 fully saturated rings. The van der Waals surface area contributed by atoms with E-state index in [0.717, 1.165) is 70.0 Å². The molecule has 6 rings (SSSR count). The van der Waals surface area contributed by atoms with Gasteiger partial charge in [0.2, 0.25) is 0 Å². The predicted molar refractivity (Wildman–Crippen MR) is 168 cm³/mol. The summed E-state index contributed by atoms with van der Waals surface area (Å²) in [5, 5.41) is 24.5. The van der Waals surface area contributed by atoms with Gasteiger partial charge in [-0.1, -0.05) is 78.0 Å². The summed E-state index contributed by atoms with van der Waals surface area (Å²) in [4.78, 5) is 9.08. The van der Waals surface area contributed by atoms with Gasteiger partial charge in [0.05, 0.1) is 27.9 Å². The van der Waals surface area contributed by atoms with Crippen LogP contribution >= 0.6 is 23.4 Å². The lowest BCUT2D eigenvalue weighted by Crippen LogP contribution is -2.35. The molecule has 0 aliphatic carbocycles. The van der Waals surface area contributed by atoms with Gasteiger partial charge in [-0.05, 0) is 65.9 Å². The van der Waals surface area contributed by atoms with Gasteiger partial charge >= 0.3 is 0 Å². The van der Waals surface area contributed by atoms with E-state index in [0.29, 0.717) is 16.3 Å². The number of pyridine rings is 1. The van der Waals surface area contributed by atoms with Gasteiger partial charge in [-0.3, -0.25) is 9.88 Å². The van der Waals surface area contributed by atoms with Crippen LogP contribution in [0.1, 0.15) is 24.0 Å². The number of aliphatic hydroxyl groups excluding tert-OH is 1. The van der Waals surface area contributed by atoms with Crippen LogP contribution in [0.2, 0.25) is 5.02 Å². The minimum absolute atomic E-state index is 0.155. The maximum atomic E-state index is 9.83. The fourth-order valence-corrected chi connectivity index (χ4v) is 6.29. The molecule has 0 unspecified atom stereocenters. The number of benzene rings is 4. The predicted octanol–water partition coefficient (Wildman–Crippen LogP) is 8.28. The molecular formula is C34H29ClN4OS. The maximum absolute atomic E-state index is 9.83. The largest absolute Gasteiger partial charge is 0.393 e. The minimum Gasteiger partial charge on any atom is -0.393 e. The summed E-state index contributed by atoms with van der Waals surface area (Å²) in [6.07, 6.45) is 3.16. The lowest BCUT2D eigenvalue weighted by atomic mass is 10.0. The number of rotatable bonds is 7. The van der Waals surface area contributed by atoms with Crippen molar-refractivity contribution >= 4 is 45.6 Å². The number of nitrogens with zero attached hydrogens (tertiary/aromatic N) is 3. The zero-order valence-electron chi connectivity index (χ0n) is 22.4. The molecular weight excluding hydrogens is 548 g/mol. The van der Waals surface area contributed by atoms with Crippen LogP contribution in [0.15, 0.2) is 107 Å². The average Bonchev–Trinajstić information content (AvgIpc) is 3.00. The second-order valence-corrected chi connectivity index (χ2v) is 11.8. The van der Waals surface area contributed by atoms with Gasteiger partial charge < -0.3 is 10.4 Å². The normalized spacial score (nSPS) is 14.2. The molecule has 0 saturated carbocycles. The molecule has 5 nitrogen and oxygen atoms in total. The average molecular weight is 577 g/mol. The molecule has 41 heavy (non-hydrogen) atoms. The molecule has 7 heteroatoms. The van der Waals surface area contributed by atoms with Gasteiger partial charge in [0.25, 0.3) is 0 Å². The molecule has 2 heterocycles. The van der Waals surface area contributed by atoms with E-state index in [9.17, 15) is 10.4 Å². The monoisotopic (exact) mass is 576 g/mol. The number of hydrogen-bond donors (Lipinski definition) is 2. The molecule has 1 aromatic heterocycles. The van der Waals surface area contributed by atoms with E-state index in [-0.39, 0.29) is 6.10 Å². The van der Waals surface area contributed by atoms with E-state index in [4.69, 9.17) is 11.6 Å². The van der Waals surface area contributed by atoms with Crippen molar-refractivity contribution in [2.24, 2.45) is 0 Å². The number of piperidine rings is 1. The van der Waals surface area contributed by atoms with Gasteiger partial charge in [-0.2, -0.15) is 5.26 Å². The van der Waals surface area contributed by atoms with Crippen molar-refractivity contribution in [3.63, 3.8) is 0 Å². The molecule has 0 radical (unpaired) electrons. The van der Waals surface area contributed by atoms with E-state index in [2.05, 4.69) is 69.8 Å². The molecule has 0 atom stereocenters. The lowest BCUT2D eigenvalue weighted by molar-refractivity contribution is 0.0792. The highest BCUT2D eigenvalue weighted by molar-refractivity contribution is 7.99. The third-order valence-electron chi connectivity index (χ3n) is 7.41. The second-order valence-electron chi connectivity index (χ2n) is 10.3. The number of fused-ring (bicyclic) bond motifs is 1. The van der Waals surface area contributed by atoms with Crippen molar-refractivity contribution in [2.45, 2.75) is 35.3 Å². The van der Waals surface area contributed by atoms with Gasteiger partial charge in [0, 0.05) is 46.7 Å². The third kappa shape index (κ3) is 6.40. The third-order valence-corrected chi connectivity index (χ3v) is 8.92. The zero-order valence-corrected chi connectivity index (χ0v) is 24.0. The van der Waals surface area contributed by atoms with Crippen molar-refractivity contribution in [3.05, 3.63) is 113 Å². The van der Waals surface area contributed by atoms with E-state index in [1.54, 1.807) is 18.0 Å². The van der Waals surface area contributed by atoms with Crippen LogP contribution in [0.4, 0.5) is 11.4 Å². The van der Waals surface area contributed by atoms with Crippen molar-refractivity contribution < 1.29 is 5.11 Å². The van der Waals surface area contributed by atoms with Gasteiger partial charge in [-0.25, -0.2) is 0 Å². The Morgan fingerprint density at radius 1 is 0.951 bits per heavy atom. The van der Waals surface area contributed by atoms with Crippen molar-refractivity contribution in [3.8, 4) is 17.2 Å². The number of nitriles is 1. The first kappa shape index (κ1) is 27.3. The van der Waals surface area contributed by atoms with Crippen LogP contribution in [0, 0.1) is 11.3 Å². The summed E-state index contributed by atoms with van der Waals surface area (Å²) in [6.45, 7) is 2.76. The zero-order chi connectivity index (χ0) is 28.2. The number of aromatic nitrogens is 1. The van der Waals surface area contributed by atoms with E-state index in [1.165, 1.54) is 5.56 Å². The van der Waals surface area contributed by atoms with Gasteiger partial charge in [0.1, 0.15) is 6.07 Å². The maximum Gasteiger partial charge on any atom is 0.103 e. The smallest absolute Gasteiger partial charge is 0.103 e. The highest BCUT2D eigenvalue weighted by Crippen LogP contribution is 2.37. The number of nitrogens with one attached hydrogen (secondary N) is 1. The fourth-order valence-electron chi connectivity index (χ4n) is 5.15. The summed E-state index contributed by atoms with van der Waals surface area (Å²) in [5.74, 6) is 0. The molecule has 0 spiro atoms. The SMILES string of the molecule is N#Cc1cnc2cc(-c3ccc(CN4CCC(O)CC4)cc3)ccc2c1Nc1ccc(Sc2ccccc2)c(Cl)c1. The summed E-state index contributed by atoms with van der Waals surface area (Å²) < 4.78 is 0. The van der Waals surface area contributed by atoms with Crippen LogP contribution in [-0.4, -0.2) is 34.2 Å². The highest BCUT2D eigenvalue weighted by atomic mass is 35.5. The molecule has 0 bridgehead atoms. The van der Waals surface area contributed by atoms with Crippen molar-refractivity contribution in [1.82, 2.24) is 9.88 Å². The Kier molecular flexibility index (Phi) is 8.22. The molecule has 4 aromatic carbocycles. The van der Waals surface area contributed by atoms with Crippen LogP contribution in [0.25, 0.3) is 22.0 Å². The number of likely N-dealkylation sites (tertiary alicyclic amines) is 1. The number of aliphatic hydroxyl groups is 1. The molecule has 0 amide bonds. The van der Waals surface area contributed by atoms with Crippen LogP contribution < -0.4 is 5.32 Å². The lowest BCUT2D eigenvalue weighted by Gasteiger charge is -2.29. The van der Waals surface area contributed by atoms with Crippen LogP contribution in [0.3, 0.4) is 0 Å². The Morgan fingerprint density at radius 3 is 2.44 bits per heavy atom. The van der Waals surface area contributed by atoms with Crippen molar-refractivity contribution in [2.75, 3.05) is 18.4 Å². The number of hydrogen-bond acceptors (Lipinski definition) is 6. The first-order valence-corrected chi connectivity index (χ1v) is 14.9. The Morgan fingerprint density at radius 2 is 1.71 bits per heavy atom. The Balaban J connectivity index is 1.22. The molecule has 1 saturated heterocycles. The minimum atomic E-state index is -0.155. The first-order valence-electron chi connectivity index (χ1n) is 13.7. The summed E-state index contributed by atoms with van der Waals surface area (Å²) in [5.41, 5.74) is 6.24. The quantitative estimate of drug-likeness (QED) is 0.203. The Hall–Kier alpha value is -3.86. The second kappa shape index (κ2) is 12.3. The summed E-state index contributed by atoms with van der Waals surface area (Å²) in [6, 6.07) is 33.1. The van der Waals surface area contributed by atoms with E-state index >= 15 is 0 Å². The molecule has 5 aromatic rings. The number of halogens is 1.